The van der Waals surface area contributed by atoms with E-state index in [9.17, 15) is 4.79 Å². The molecule has 0 spiro atoms. The third-order valence-electron chi connectivity index (χ3n) is 4.08. The summed E-state index contributed by atoms with van der Waals surface area (Å²) in [4.78, 5) is 16.3. The topological polar surface area (TPSA) is 56.1 Å². The van der Waals surface area contributed by atoms with Crippen LogP contribution < -0.4 is 10.1 Å². The average Bonchev–Trinajstić information content (AvgIpc) is 3.16. The number of rotatable bonds is 7. The quantitative estimate of drug-likeness (QED) is 0.710. The van der Waals surface area contributed by atoms with Crippen molar-refractivity contribution in [2.45, 2.75) is 32.5 Å². The summed E-state index contributed by atoms with van der Waals surface area (Å²) in [6, 6.07) is 17.9. The van der Waals surface area contributed by atoms with Crippen LogP contribution in [-0.2, 0) is 11.3 Å². The molecule has 0 fully saturated rings. The first kappa shape index (κ1) is 17.7. The van der Waals surface area contributed by atoms with E-state index in [2.05, 4.69) is 22.4 Å². The summed E-state index contributed by atoms with van der Waals surface area (Å²) in [6.07, 6.45) is 4.76. The normalized spacial score (nSPS) is 13.0. The molecule has 0 radical (unpaired) electrons. The van der Waals surface area contributed by atoms with Crippen molar-refractivity contribution in [2.75, 3.05) is 0 Å². The number of imidazole rings is 1. The van der Waals surface area contributed by atoms with E-state index in [4.69, 9.17) is 4.74 Å². The maximum absolute atomic E-state index is 12.3. The van der Waals surface area contributed by atoms with E-state index in [-0.39, 0.29) is 11.9 Å². The lowest BCUT2D eigenvalue weighted by molar-refractivity contribution is -0.127. The van der Waals surface area contributed by atoms with Crippen LogP contribution in [-0.4, -0.2) is 27.6 Å². The monoisotopic (exact) mass is 349 g/mol. The van der Waals surface area contributed by atoms with Crippen LogP contribution in [0.3, 0.4) is 0 Å². The van der Waals surface area contributed by atoms with Gasteiger partial charge in [0.05, 0.1) is 6.33 Å². The summed E-state index contributed by atoms with van der Waals surface area (Å²) in [6.45, 7) is 4.38. The van der Waals surface area contributed by atoms with E-state index in [0.717, 1.165) is 11.1 Å². The summed E-state index contributed by atoms with van der Waals surface area (Å²) in [5, 5.41) is 2.96. The molecule has 2 aromatic carbocycles. The highest BCUT2D eigenvalue weighted by Crippen LogP contribution is 2.22. The Morgan fingerprint density at radius 3 is 2.42 bits per heavy atom. The molecule has 0 aliphatic heterocycles. The zero-order chi connectivity index (χ0) is 18.4. The van der Waals surface area contributed by atoms with E-state index in [1.165, 1.54) is 0 Å². The molecule has 2 atom stereocenters. The molecule has 0 unspecified atom stereocenters. The maximum Gasteiger partial charge on any atom is 0.261 e. The van der Waals surface area contributed by atoms with Crippen molar-refractivity contribution < 1.29 is 9.53 Å². The second kappa shape index (κ2) is 8.34. The Kier molecular flexibility index (Phi) is 5.69. The number of nitrogens with one attached hydrogen (secondary N) is 1. The standard InChI is InChI=1S/C21H23N3O2/c1-16(14-24-13-12-22-15-24)23-21(25)17(2)26-20-10-8-19(9-11-20)18-6-4-3-5-7-18/h3-13,15-17H,14H2,1-2H3,(H,23,25)/t16-,17-/m0/s1. The van der Waals surface area contributed by atoms with Gasteiger partial charge in [-0.2, -0.15) is 0 Å². The van der Waals surface area contributed by atoms with Crippen molar-refractivity contribution in [1.29, 1.82) is 0 Å². The number of hydrogen-bond donors (Lipinski definition) is 1. The fourth-order valence-corrected chi connectivity index (χ4v) is 2.73. The van der Waals surface area contributed by atoms with Gasteiger partial charge in [0.15, 0.2) is 6.10 Å². The molecule has 0 bridgehead atoms. The Morgan fingerprint density at radius 2 is 1.77 bits per heavy atom. The number of amides is 1. The Labute approximate surface area is 153 Å². The van der Waals surface area contributed by atoms with Gasteiger partial charge in [-0.05, 0) is 37.1 Å². The summed E-state index contributed by atoms with van der Waals surface area (Å²) < 4.78 is 7.70. The van der Waals surface area contributed by atoms with Gasteiger partial charge in [-0.3, -0.25) is 4.79 Å². The third kappa shape index (κ3) is 4.72. The van der Waals surface area contributed by atoms with E-state index in [1.807, 2.05) is 60.2 Å². The van der Waals surface area contributed by atoms with Crippen LogP contribution in [0.5, 0.6) is 5.75 Å². The number of carbonyl (C=O) groups excluding carboxylic acids is 1. The van der Waals surface area contributed by atoms with Gasteiger partial charge in [0.25, 0.3) is 5.91 Å². The molecule has 26 heavy (non-hydrogen) atoms. The van der Waals surface area contributed by atoms with E-state index in [0.29, 0.717) is 12.3 Å². The van der Waals surface area contributed by atoms with Gasteiger partial charge in [0, 0.05) is 25.0 Å². The molecule has 5 heteroatoms. The summed E-state index contributed by atoms with van der Waals surface area (Å²) in [5.41, 5.74) is 2.27. The molecule has 0 saturated carbocycles. The van der Waals surface area contributed by atoms with Gasteiger partial charge < -0.3 is 14.6 Å². The number of aromatic nitrogens is 2. The molecule has 1 amide bonds. The molecule has 3 aromatic rings. The van der Waals surface area contributed by atoms with Gasteiger partial charge in [-0.25, -0.2) is 4.98 Å². The highest BCUT2D eigenvalue weighted by molar-refractivity contribution is 5.81. The van der Waals surface area contributed by atoms with Gasteiger partial charge in [0.1, 0.15) is 5.75 Å². The third-order valence-corrected chi connectivity index (χ3v) is 4.08. The minimum absolute atomic E-state index is 0.0109. The number of benzene rings is 2. The summed E-state index contributed by atoms with van der Waals surface area (Å²) >= 11 is 0. The molecule has 1 N–H and O–H groups in total. The Bertz CT molecular complexity index is 814. The van der Waals surface area contributed by atoms with Gasteiger partial charge in [-0.1, -0.05) is 42.5 Å². The Hall–Kier alpha value is -3.08. The van der Waals surface area contributed by atoms with Crippen LogP contribution in [0.2, 0.25) is 0 Å². The van der Waals surface area contributed by atoms with E-state index in [1.54, 1.807) is 19.4 Å². The number of ether oxygens (including phenoxy) is 1. The number of hydrogen-bond acceptors (Lipinski definition) is 3. The van der Waals surface area contributed by atoms with Crippen LogP contribution >= 0.6 is 0 Å². The van der Waals surface area contributed by atoms with Gasteiger partial charge >= 0.3 is 0 Å². The lowest BCUT2D eigenvalue weighted by Crippen LogP contribution is -2.42. The van der Waals surface area contributed by atoms with Crippen LogP contribution in [0.25, 0.3) is 11.1 Å². The summed E-state index contributed by atoms with van der Waals surface area (Å²) in [7, 11) is 0. The Balaban J connectivity index is 1.53. The first-order valence-electron chi connectivity index (χ1n) is 8.70. The van der Waals surface area contributed by atoms with Crippen LogP contribution in [0.15, 0.2) is 73.3 Å². The highest BCUT2D eigenvalue weighted by Gasteiger charge is 2.17. The van der Waals surface area contributed by atoms with Crippen molar-refractivity contribution >= 4 is 5.91 Å². The molecule has 3 rings (SSSR count). The number of carbonyl (C=O) groups is 1. The minimum Gasteiger partial charge on any atom is -0.481 e. The molecule has 1 aromatic heterocycles. The Morgan fingerprint density at radius 1 is 1.08 bits per heavy atom. The first-order valence-corrected chi connectivity index (χ1v) is 8.70. The molecule has 0 saturated heterocycles. The van der Waals surface area contributed by atoms with E-state index < -0.39 is 6.10 Å². The maximum atomic E-state index is 12.3. The van der Waals surface area contributed by atoms with Crippen LogP contribution in [0.4, 0.5) is 0 Å². The molecule has 0 aliphatic rings. The average molecular weight is 349 g/mol. The molecular formula is C21H23N3O2. The van der Waals surface area contributed by atoms with Crippen molar-refractivity contribution in [3.05, 3.63) is 73.3 Å². The van der Waals surface area contributed by atoms with E-state index >= 15 is 0 Å². The molecule has 1 heterocycles. The van der Waals surface area contributed by atoms with Crippen molar-refractivity contribution in [3.63, 3.8) is 0 Å². The SMILES string of the molecule is C[C@H](Oc1ccc(-c2ccccc2)cc1)C(=O)N[C@@H](C)Cn1ccnc1. The predicted octanol–water partition coefficient (Wildman–Crippen LogP) is 3.52. The second-order valence-electron chi connectivity index (χ2n) is 6.32. The lowest BCUT2D eigenvalue weighted by atomic mass is 10.1. The number of nitrogens with zero attached hydrogens (tertiary/aromatic N) is 2. The van der Waals surface area contributed by atoms with Gasteiger partial charge in [0.2, 0.25) is 0 Å². The molecule has 5 nitrogen and oxygen atoms in total. The highest BCUT2D eigenvalue weighted by atomic mass is 16.5. The largest absolute Gasteiger partial charge is 0.481 e. The minimum atomic E-state index is -0.567. The first-order chi connectivity index (χ1) is 12.6. The summed E-state index contributed by atoms with van der Waals surface area (Å²) in [5.74, 6) is 0.541. The van der Waals surface area contributed by atoms with Crippen molar-refractivity contribution in [3.8, 4) is 16.9 Å². The zero-order valence-electron chi connectivity index (χ0n) is 15.0. The molecule has 134 valence electrons. The van der Waals surface area contributed by atoms with Crippen LogP contribution in [0, 0.1) is 0 Å². The molecule has 0 aliphatic carbocycles. The predicted molar refractivity (Wildman–Crippen MR) is 102 cm³/mol. The zero-order valence-corrected chi connectivity index (χ0v) is 15.0. The van der Waals surface area contributed by atoms with Crippen LogP contribution in [0.1, 0.15) is 13.8 Å². The molecular weight excluding hydrogens is 326 g/mol. The lowest BCUT2D eigenvalue weighted by Gasteiger charge is -2.19. The second-order valence-corrected chi connectivity index (χ2v) is 6.32. The fourth-order valence-electron chi connectivity index (χ4n) is 2.73. The van der Waals surface area contributed by atoms with Gasteiger partial charge in [-0.15, -0.1) is 0 Å². The van der Waals surface area contributed by atoms with Crippen molar-refractivity contribution in [1.82, 2.24) is 14.9 Å². The smallest absolute Gasteiger partial charge is 0.261 e. The fraction of sp³-hybridized carbons (Fsp3) is 0.238. The van der Waals surface area contributed by atoms with Crippen molar-refractivity contribution in [2.24, 2.45) is 0 Å².